The summed E-state index contributed by atoms with van der Waals surface area (Å²) in [5.74, 6) is 5.63. The van der Waals surface area contributed by atoms with Gasteiger partial charge in [-0.05, 0) is 13.3 Å². The highest BCUT2D eigenvalue weighted by Gasteiger charge is 2.32. The van der Waals surface area contributed by atoms with Crippen LogP contribution in [0, 0.1) is 6.92 Å². The standard InChI is InChI=1S/C11H16N6O2/c1-6-5-13-11(16-12)15-9(6)14-7-3-4-8(18)17(2)10(7)19/h5,7H,3-4,12H2,1-2H3,(H2,13,14,15,16). The number of anilines is 2. The first-order chi connectivity index (χ1) is 9.02. The van der Waals surface area contributed by atoms with Crippen molar-refractivity contribution >= 4 is 23.6 Å². The third-order valence-corrected chi connectivity index (χ3v) is 3.06. The van der Waals surface area contributed by atoms with Crippen LogP contribution in [0.25, 0.3) is 0 Å². The minimum atomic E-state index is -0.457. The van der Waals surface area contributed by atoms with Crippen molar-refractivity contribution in [2.45, 2.75) is 25.8 Å². The van der Waals surface area contributed by atoms with Crippen molar-refractivity contribution in [3.63, 3.8) is 0 Å². The molecule has 0 aromatic carbocycles. The molecule has 1 saturated heterocycles. The highest BCUT2D eigenvalue weighted by molar-refractivity contribution is 6.01. The van der Waals surface area contributed by atoms with E-state index < -0.39 is 6.04 Å². The second kappa shape index (κ2) is 5.19. The van der Waals surface area contributed by atoms with E-state index in [1.807, 2.05) is 6.92 Å². The van der Waals surface area contributed by atoms with Gasteiger partial charge in [0.1, 0.15) is 11.9 Å². The van der Waals surface area contributed by atoms with Gasteiger partial charge in [0, 0.05) is 25.2 Å². The topological polar surface area (TPSA) is 113 Å². The van der Waals surface area contributed by atoms with Gasteiger partial charge in [-0.15, -0.1) is 0 Å². The number of aromatic nitrogens is 2. The van der Waals surface area contributed by atoms with Crippen molar-refractivity contribution in [2.24, 2.45) is 5.84 Å². The maximum atomic E-state index is 12.0. The lowest BCUT2D eigenvalue weighted by Crippen LogP contribution is -2.48. The van der Waals surface area contributed by atoms with Gasteiger partial charge in [0.25, 0.3) is 5.91 Å². The number of carbonyl (C=O) groups excluding carboxylic acids is 2. The second-order valence-corrected chi connectivity index (χ2v) is 4.40. The number of imide groups is 1. The van der Waals surface area contributed by atoms with Crippen LogP contribution in [0.15, 0.2) is 6.20 Å². The molecule has 1 aliphatic rings. The van der Waals surface area contributed by atoms with Crippen LogP contribution in [0.2, 0.25) is 0 Å². The van der Waals surface area contributed by atoms with Crippen molar-refractivity contribution < 1.29 is 9.59 Å². The number of rotatable bonds is 3. The fourth-order valence-corrected chi connectivity index (χ4v) is 1.87. The zero-order valence-electron chi connectivity index (χ0n) is 10.8. The molecule has 1 unspecified atom stereocenters. The SMILES string of the molecule is Cc1cnc(NN)nc1NC1CCC(=O)N(C)C1=O. The van der Waals surface area contributed by atoms with E-state index in [1.54, 1.807) is 6.20 Å². The lowest BCUT2D eigenvalue weighted by Gasteiger charge is -2.28. The van der Waals surface area contributed by atoms with Crippen molar-refractivity contribution in [3.8, 4) is 0 Å². The predicted molar refractivity (Wildman–Crippen MR) is 69.0 cm³/mol. The van der Waals surface area contributed by atoms with Crippen molar-refractivity contribution in [1.29, 1.82) is 0 Å². The Balaban J connectivity index is 2.17. The summed E-state index contributed by atoms with van der Waals surface area (Å²) in [5.41, 5.74) is 3.14. The lowest BCUT2D eigenvalue weighted by atomic mass is 10.0. The predicted octanol–water partition coefficient (Wildman–Crippen LogP) is -0.370. The van der Waals surface area contributed by atoms with Crippen molar-refractivity contribution in [2.75, 3.05) is 17.8 Å². The van der Waals surface area contributed by atoms with Crippen LogP contribution in [0.4, 0.5) is 11.8 Å². The van der Waals surface area contributed by atoms with Gasteiger partial charge in [0.2, 0.25) is 11.9 Å². The average Bonchev–Trinajstić information content (AvgIpc) is 2.41. The van der Waals surface area contributed by atoms with Gasteiger partial charge in [0.15, 0.2) is 0 Å². The fourth-order valence-electron chi connectivity index (χ4n) is 1.87. The minimum Gasteiger partial charge on any atom is -0.358 e. The molecule has 8 nitrogen and oxygen atoms in total. The maximum Gasteiger partial charge on any atom is 0.251 e. The van der Waals surface area contributed by atoms with Crippen LogP contribution >= 0.6 is 0 Å². The molecule has 1 aromatic heterocycles. The molecule has 19 heavy (non-hydrogen) atoms. The molecule has 2 rings (SSSR count). The molecule has 1 aliphatic heterocycles. The monoisotopic (exact) mass is 264 g/mol. The van der Waals surface area contributed by atoms with Gasteiger partial charge in [-0.1, -0.05) is 0 Å². The van der Waals surface area contributed by atoms with E-state index >= 15 is 0 Å². The number of hydrogen-bond donors (Lipinski definition) is 3. The van der Waals surface area contributed by atoms with Gasteiger partial charge >= 0.3 is 0 Å². The summed E-state index contributed by atoms with van der Waals surface area (Å²) in [4.78, 5) is 32.6. The molecule has 2 heterocycles. The highest BCUT2D eigenvalue weighted by Crippen LogP contribution is 2.19. The van der Waals surface area contributed by atoms with E-state index in [0.29, 0.717) is 18.7 Å². The number of amides is 2. The van der Waals surface area contributed by atoms with Gasteiger partial charge in [-0.3, -0.25) is 19.9 Å². The minimum absolute atomic E-state index is 0.160. The first-order valence-corrected chi connectivity index (χ1v) is 5.90. The first kappa shape index (κ1) is 13.2. The molecule has 0 spiro atoms. The van der Waals surface area contributed by atoms with Crippen LogP contribution < -0.4 is 16.6 Å². The summed E-state index contributed by atoms with van der Waals surface area (Å²) in [7, 11) is 1.48. The molecule has 1 fully saturated rings. The molecule has 1 aromatic rings. The molecule has 0 bridgehead atoms. The number of nitrogens with zero attached hydrogens (tertiary/aromatic N) is 3. The summed E-state index contributed by atoms with van der Waals surface area (Å²) in [6, 6.07) is -0.457. The van der Waals surface area contributed by atoms with Crippen LogP contribution in [-0.4, -0.2) is 39.8 Å². The quantitative estimate of drug-likeness (QED) is 0.388. The van der Waals surface area contributed by atoms with E-state index in [2.05, 4.69) is 20.7 Å². The van der Waals surface area contributed by atoms with Crippen LogP contribution in [0.5, 0.6) is 0 Å². The molecular formula is C11H16N6O2. The molecule has 2 amide bonds. The Morgan fingerprint density at radius 3 is 2.89 bits per heavy atom. The van der Waals surface area contributed by atoms with Gasteiger partial charge in [0.05, 0.1) is 0 Å². The number of likely N-dealkylation sites (tertiary alicyclic amines) is 1. The zero-order chi connectivity index (χ0) is 14.0. The third-order valence-electron chi connectivity index (χ3n) is 3.06. The number of hydrogen-bond acceptors (Lipinski definition) is 7. The van der Waals surface area contributed by atoms with Gasteiger partial charge in [-0.25, -0.2) is 10.8 Å². The molecule has 1 atom stereocenters. The smallest absolute Gasteiger partial charge is 0.251 e. The largest absolute Gasteiger partial charge is 0.358 e. The zero-order valence-corrected chi connectivity index (χ0v) is 10.8. The Kier molecular flexibility index (Phi) is 3.61. The van der Waals surface area contributed by atoms with Gasteiger partial charge in [-0.2, -0.15) is 4.98 Å². The van der Waals surface area contributed by atoms with E-state index in [9.17, 15) is 9.59 Å². The summed E-state index contributed by atoms with van der Waals surface area (Å²) in [5, 5.41) is 3.03. The van der Waals surface area contributed by atoms with Gasteiger partial charge < -0.3 is 5.32 Å². The van der Waals surface area contributed by atoms with Crippen molar-refractivity contribution in [3.05, 3.63) is 11.8 Å². The number of aryl methyl sites for hydroxylation is 1. The lowest BCUT2D eigenvalue weighted by molar-refractivity contribution is -0.146. The molecule has 4 N–H and O–H groups in total. The summed E-state index contributed by atoms with van der Waals surface area (Å²) < 4.78 is 0. The number of nitrogens with two attached hydrogens (primary N) is 1. The summed E-state index contributed by atoms with van der Waals surface area (Å²) in [6.45, 7) is 1.82. The Hall–Kier alpha value is -2.22. The van der Waals surface area contributed by atoms with E-state index in [1.165, 1.54) is 7.05 Å². The second-order valence-electron chi connectivity index (χ2n) is 4.40. The Morgan fingerprint density at radius 2 is 2.21 bits per heavy atom. The molecule has 8 heteroatoms. The Bertz CT molecular complexity index is 518. The number of nitrogens with one attached hydrogen (secondary N) is 2. The van der Waals surface area contributed by atoms with E-state index in [0.717, 1.165) is 10.5 Å². The van der Waals surface area contributed by atoms with Crippen LogP contribution in [-0.2, 0) is 9.59 Å². The number of hydrazine groups is 1. The number of nitrogen functional groups attached to an aromatic ring is 1. The van der Waals surface area contributed by atoms with Crippen molar-refractivity contribution in [1.82, 2.24) is 14.9 Å². The molecule has 0 saturated carbocycles. The summed E-state index contributed by atoms with van der Waals surface area (Å²) >= 11 is 0. The Labute approximate surface area is 110 Å². The number of piperidine rings is 1. The van der Waals surface area contributed by atoms with Crippen LogP contribution in [0.3, 0.4) is 0 Å². The highest BCUT2D eigenvalue weighted by atomic mass is 16.2. The Morgan fingerprint density at radius 1 is 1.47 bits per heavy atom. The molecule has 0 aliphatic carbocycles. The van der Waals surface area contributed by atoms with Crippen LogP contribution in [0.1, 0.15) is 18.4 Å². The molecular weight excluding hydrogens is 248 g/mol. The first-order valence-electron chi connectivity index (χ1n) is 5.90. The normalized spacial score (nSPS) is 19.5. The van der Waals surface area contributed by atoms with E-state index in [-0.39, 0.29) is 17.8 Å². The molecule has 0 radical (unpaired) electrons. The van der Waals surface area contributed by atoms with E-state index in [4.69, 9.17) is 5.84 Å². The number of likely N-dealkylation sites (N-methyl/N-ethyl adjacent to an activating group) is 1. The third kappa shape index (κ3) is 2.63. The maximum absolute atomic E-state index is 12.0. The number of carbonyl (C=O) groups is 2. The molecule has 102 valence electrons. The fraction of sp³-hybridized carbons (Fsp3) is 0.455. The summed E-state index contributed by atoms with van der Waals surface area (Å²) in [6.07, 6.45) is 2.40. The average molecular weight is 264 g/mol.